The third kappa shape index (κ3) is 2.65. The number of rotatable bonds is 3. The molecule has 2 aromatic rings. The molecule has 0 fully saturated rings. The zero-order chi connectivity index (χ0) is 15.8. The molecule has 0 unspecified atom stereocenters. The van der Waals surface area contributed by atoms with Gasteiger partial charge < -0.3 is 18.9 Å². The lowest BCUT2D eigenvalue weighted by atomic mass is 9.92. The standard InChI is InChI=1S/C18H17NO4.ClH/c1-20-12-3-4-15(21-2)14(8-12)18-13-9-17-16(22-10-23-17)7-11(13)5-6-19-18;/h3-4,7-9H,5-6,10H2,1-2H3;1H. The van der Waals surface area contributed by atoms with E-state index in [9.17, 15) is 0 Å². The molecule has 0 N–H and O–H groups in total. The van der Waals surface area contributed by atoms with Crippen molar-refractivity contribution in [3.8, 4) is 23.0 Å². The number of hydrogen-bond donors (Lipinski definition) is 0. The molecular weight excluding hydrogens is 330 g/mol. The Labute approximate surface area is 146 Å². The number of halogens is 1. The Morgan fingerprint density at radius 3 is 2.50 bits per heavy atom. The van der Waals surface area contributed by atoms with Crippen molar-refractivity contribution in [1.29, 1.82) is 0 Å². The average molecular weight is 348 g/mol. The second-order valence-corrected chi connectivity index (χ2v) is 5.41. The summed E-state index contributed by atoms with van der Waals surface area (Å²) in [6.07, 6.45) is 0.891. The lowest BCUT2D eigenvalue weighted by Crippen LogP contribution is -2.15. The van der Waals surface area contributed by atoms with Crippen molar-refractivity contribution in [3.05, 3.63) is 47.0 Å². The minimum atomic E-state index is 0. The van der Waals surface area contributed by atoms with Crippen molar-refractivity contribution in [2.24, 2.45) is 4.99 Å². The van der Waals surface area contributed by atoms with Gasteiger partial charge in [0.05, 0.1) is 19.9 Å². The highest BCUT2D eigenvalue weighted by Gasteiger charge is 2.24. The Hall–Kier alpha value is -2.40. The van der Waals surface area contributed by atoms with Gasteiger partial charge in [0.25, 0.3) is 0 Å². The highest BCUT2D eigenvalue weighted by atomic mass is 35.5. The minimum Gasteiger partial charge on any atom is -0.497 e. The molecule has 2 aliphatic rings. The van der Waals surface area contributed by atoms with Crippen LogP contribution in [0.5, 0.6) is 23.0 Å². The summed E-state index contributed by atoms with van der Waals surface area (Å²) >= 11 is 0. The van der Waals surface area contributed by atoms with Gasteiger partial charge in [-0.25, -0.2) is 0 Å². The number of ether oxygens (including phenoxy) is 4. The maximum atomic E-state index is 5.52. The third-order valence-corrected chi connectivity index (χ3v) is 4.17. The number of methoxy groups -OCH3 is 2. The fourth-order valence-corrected chi connectivity index (χ4v) is 3.01. The van der Waals surface area contributed by atoms with Crippen LogP contribution in [0.4, 0.5) is 0 Å². The molecule has 0 aliphatic carbocycles. The molecule has 0 saturated heterocycles. The summed E-state index contributed by atoms with van der Waals surface area (Å²) < 4.78 is 21.9. The summed E-state index contributed by atoms with van der Waals surface area (Å²) in [5.41, 5.74) is 4.10. The van der Waals surface area contributed by atoms with Crippen LogP contribution >= 0.6 is 12.4 Å². The Balaban J connectivity index is 0.00000169. The van der Waals surface area contributed by atoms with Crippen molar-refractivity contribution in [2.75, 3.05) is 27.6 Å². The van der Waals surface area contributed by atoms with Crippen molar-refractivity contribution in [1.82, 2.24) is 0 Å². The summed E-state index contributed by atoms with van der Waals surface area (Å²) in [6.45, 7) is 1.01. The Kier molecular flexibility index (Phi) is 4.53. The number of benzene rings is 2. The van der Waals surface area contributed by atoms with E-state index in [1.165, 1.54) is 5.56 Å². The summed E-state index contributed by atoms with van der Waals surface area (Å²) in [6, 6.07) is 9.80. The third-order valence-electron chi connectivity index (χ3n) is 4.17. The predicted octanol–water partition coefficient (Wildman–Crippen LogP) is 3.25. The smallest absolute Gasteiger partial charge is 0.231 e. The van der Waals surface area contributed by atoms with E-state index in [2.05, 4.69) is 6.07 Å². The summed E-state index contributed by atoms with van der Waals surface area (Å²) in [5.74, 6) is 3.12. The molecule has 2 aliphatic heterocycles. The van der Waals surface area contributed by atoms with Crippen LogP contribution in [0.3, 0.4) is 0 Å². The quantitative estimate of drug-likeness (QED) is 0.855. The molecule has 6 heteroatoms. The Bertz CT molecular complexity index is 804. The van der Waals surface area contributed by atoms with E-state index in [0.717, 1.165) is 52.8 Å². The molecule has 0 aromatic heterocycles. The van der Waals surface area contributed by atoms with Gasteiger partial charge in [-0.3, -0.25) is 4.99 Å². The van der Waals surface area contributed by atoms with E-state index < -0.39 is 0 Å². The van der Waals surface area contributed by atoms with E-state index in [4.69, 9.17) is 23.9 Å². The molecule has 0 atom stereocenters. The second-order valence-electron chi connectivity index (χ2n) is 5.41. The van der Waals surface area contributed by atoms with Gasteiger partial charge in [-0.1, -0.05) is 0 Å². The van der Waals surface area contributed by atoms with Gasteiger partial charge >= 0.3 is 0 Å². The average Bonchev–Trinajstić information content (AvgIpc) is 3.06. The highest BCUT2D eigenvalue weighted by Crippen LogP contribution is 2.38. The van der Waals surface area contributed by atoms with Crippen LogP contribution in [-0.4, -0.2) is 33.3 Å². The van der Waals surface area contributed by atoms with Gasteiger partial charge in [0.1, 0.15) is 11.5 Å². The van der Waals surface area contributed by atoms with Gasteiger partial charge in [-0.2, -0.15) is 0 Å². The normalized spacial score (nSPS) is 14.3. The predicted molar refractivity (Wildman–Crippen MR) is 93.6 cm³/mol. The number of hydrogen-bond acceptors (Lipinski definition) is 5. The van der Waals surface area contributed by atoms with Crippen LogP contribution < -0.4 is 18.9 Å². The topological polar surface area (TPSA) is 49.3 Å². The largest absolute Gasteiger partial charge is 0.497 e. The highest BCUT2D eigenvalue weighted by molar-refractivity contribution is 6.16. The molecular formula is C18H18ClNO4. The molecule has 5 nitrogen and oxygen atoms in total. The van der Waals surface area contributed by atoms with E-state index in [-0.39, 0.29) is 19.2 Å². The summed E-state index contributed by atoms with van der Waals surface area (Å²) in [4.78, 5) is 4.74. The number of aliphatic imine (C=N–C) groups is 1. The molecule has 0 radical (unpaired) electrons. The fourth-order valence-electron chi connectivity index (χ4n) is 3.01. The van der Waals surface area contributed by atoms with Gasteiger partial charge in [-0.05, 0) is 42.3 Å². The van der Waals surface area contributed by atoms with Gasteiger partial charge in [0, 0.05) is 17.7 Å². The molecule has 0 bridgehead atoms. The van der Waals surface area contributed by atoms with Gasteiger partial charge in [0.15, 0.2) is 11.5 Å². The van der Waals surface area contributed by atoms with E-state index in [1.807, 2.05) is 24.3 Å². The fraction of sp³-hybridized carbons (Fsp3) is 0.278. The van der Waals surface area contributed by atoms with E-state index >= 15 is 0 Å². The Morgan fingerprint density at radius 1 is 0.958 bits per heavy atom. The molecule has 0 amide bonds. The van der Waals surface area contributed by atoms with Crippen LogP contribution in [-0.2, 0) is 6.42 Å². The number of fused-ring (bicyclic) bond motifs is 2. The molecule has 2 aromatic carbocycles. The van der Waals surface area contributed by atoms with Gasteiger partial charge in [-0.15, -0.1) is 12.4 Å². The summed E-state index contributed by atoms with van der Waals surface area (Å²) in [5, 5.41) is 0. The van der Waals surface area contributed by atoms with Crippen LogP contribution in [0, 0.1) is 0 Å². The monoisotopic (exact) mass is 347 g/mol. The molecule has 2 heterocycles. The molecule has 126 valence electrons. The first kappa shape index (κ1) is 16.5. The van der Waals surface area contributed by atoms with E-state index in [1.54, 1.807) is 14.2 Å². The van der Waals surface area contributed by atoms with Crippen molar-refractivity contribution < 1.29 is 18.9 Å². The molecule has 24 heavy (non-hydrogen) atoms. The van der Waals surface area contributed by atoms with Crippen LogP contribution in [0.15, 0.2) is 35.3 Å². The molecule has 0 spiro atoms. The molecule has 4 rings (SSSR count). The minimum absolute atomic E-state index is 0. The lowest BCUT2D eigenvalue weighted by molar-refractivity contribution is 0.174. The zero-order valence-corrected chi connectivity index (χ0v) is 14.3. The van der Waals surface area contributed by atoms with Crippen LogP contribution in [0.25, 0.3) is 0 Å². The maximum absolute atomic E-state index is 5.52. The van der Waals surface area contributed by atoms with Crippen molar-refractivity contribution >= 4 is 18.1 Å². The molecule has 0 saturated carbocycles. The second kappa shape index (κ2) is 6.61. The van der Waals surface area contributed by atoms with Gasteiger partial charge in [0.2, 0.25) is 6.79 Å². The first-order valence-electron chi connectivity index (χ1n) is 7.50. The zero-order valence-electron chi connectivity index (χ0n) is 13.5. The van der Waals surface area contributed by atoms with Crippen LogP contribution in [0.2, 0.25) is 0 Å². The SMILES string of the molecule is COc1ccc(OC)c(C2=NCCc3cc4c(cc32)OCO4)c1.Cl. The van der Waals surface area contributed by atoms with E-state index in [0.29, 0.717) is 0 Å². The maximum Gasteiger partial charge on any atom is 0.231 e. The first-order chi connectivity index (χ1) is 11.3. The van der Waals surface area contributed by atoms with Crippen molar-refractivity contribution in [2.45, 2.75) is 6.42 Å². The Morgan fingerprint density at radius 2 is 1.75 bits per heavy atom. The lowest BCUT2D eigenvalue weighted by Gasteiger charge is -2.20. The van der Waals surface area contributed by atoms with Crippen molar-refractivity contribution in [3.63, 3.8) is 0 Å². The van der Waals surface area contributed by atoms with Crippen LogP contribution in [0.1, 0.15) is 16.7 Å². The number of nitrogens with zero attached hydrogens (tertiary/aromatic N) is 1. The first-order valence-corrected chi connectivity index (χ1v) is 7.50. The summed E-state index contributed by atoms with van der Waals surface area (Å²) in [7, 11) is 3.32.